The minimum absolute atomic E-state index is 0.0434. The fourth-order valence-electron chi connectivity index (χ4n) is 1.40. The molecule has 0 fully saturated rings. The molecule has 1 aromatic heterocycles. The van der Waals surface area contributed by atoms with E-state index in [-0.39, 0.29) is 5.78 Å². The number of rotatable bonds is 3. The lowest BCUT2D eigenvalue weighted by Crippen LogP contribution is -2.00. The van der Waals surface area contributed by atoms with Gasteiger partial charge in [0.1, 0.15) is 0 Å². The average Bonchev–Trinajstić information content (AvgIpc) is 2.75. The van der Waals surface area contributed by atoms with Crippen molar-refractivity contribution in [1.82, 2.24) is 0 Å². The molecule has 0 bridgehead atoms. The molecule has 0 spiro atoms. The maximum atomic E-state index is 12.2. The van der Waals surface area contributed by atoms with E-state index in [1.165, 1.54) is 11.3 Å². The molecule has 0 aliphatic heterocycles. The summed E-state index contributed by atoms with van der Waals surface area (Å²) >= 11 is 8.72. The predicted molar refractivity (Wildman–Crippen MR) is 71.0 cm³/mol. The Morgan fingerprint density at radius 1 is 1.25 bits per heavy atom. The fraction of sp³-hybridized carbons (Fsp3) is 0.0833. The Labute approximate surface area is 107 Å². The Morgan fingerprint density at radius 3 is 2.62 bits per heavy atom. The second kappa shape index (κ2) is 5.04. The van der Waals surface area contributed by atoms with Gasteiger partial charge in [0, 0.05) is 10.5 Å². The van der Waals surface area contributed by atoms with Gasteiger partial charge < -0.3 is 0 Å². The molecule has 1 nitrogen and oxygen atoms in total. The monoisotopic (exact) mass is 268 g/mol. The first kappa shape index (κ1) is 11.7. The van der Waals surface area contributed by atoms with Gasteiger partial charge in [-0.3, -0.25) is 4.79 Å². The molecule has 2 rings (SSSR count). The largest absolute Gasteiger partial charge is 0.288 e. The van der Waals surface area contributed by atoms with E-state index in [0.29, 0.717) is 9.21 Å². The van der Waals surface area contributed by atoms with E-state index < -0.39 is 0 Å². The van der Waals surface area contributed by atoms with Crippen molar-refractivity contribution in [3.63, 3.8) is 0 Å². The third-order valence-corrected chi connectivity index (χ3v) is 4.17. The summed E-state index contributed by atoms with van der Waals surface area (Å²) in [5.41, 5.74) is 0.744. The van der Waals surface area contributed by atoms with E-state index >= 15 is 0 Å². The molecule has 2 aromatic rings. The molecule has 0 N–H and O–H groups in total. The zero-order valence-electron chi connectivity index (χ0n) is 8.57. The molecule has 0 unspecified atom stereocenters. The third kappa shape index (κ3) is 2.32. The first-order valence-electron chi connectivity index (χ1n) is 4.65. The van der Waals surface area contributed by atoms with Crippen LogP contribution in [0.5, 0.6) is 0 Å². The van der Waals surface area contributed by atoms with Crippen molar-refractivity contribution in [2.75, 3.05) is 6.26 Å². The molecule has 0 aliphatic rings. The number of ketones is 1. The van der Waals surface area contributed by atoms with Crippen LogP contribution in [-0.4, -0.2) is 12.0 Å². The van der Waals surface area contributed by atoms with E-state index in [4.69, 9.17) is 11.6 Å². The first-order chi connectivity index (χ1) is 7.72. The van der Waals surface area contributed by atoms with Crippen LogP contribution in [0.4, 0.5) is 0 Å². The summed E-state index contributed by atoms with van der Waals surface area (Å²) in [5.74, 6) is 0.0434. The number of benzene rings is 1. The molecule has 1 aromatic carbocycles. The second-order valence-corrected chi connectivity index (χ2v) is 5.70. The van der Waals surface area contributed by atoms with Crippen LogP contribution in [-0.2, 0) is 0 Å². The summed E-state index contributed by atoms with van der Waals surface area (Å²) in [5, 5.41) is 0. The average molecular weight is 269 g/mol. The van der Waals surface area contributed by atoms with Gasteiger partial charge in [0.15, 0.2) is 0 Å². The number of hydrogen-bond donors (Lipinski definition) is 0. The van der Waals surface area contributed by atoms with Gasteiger partial charge in [0.05, 0.1) is 9.21 Å². The SMILES string of the molecule is CSc1ccccc1C(=O)c1ccc(Cl)s1. The van der Waals surface area contributed by atoms with Gasteiger partial charge in [0.2, 0.25) is 5.78 Å². The summed E-state index contributed by atoms with van der Waals surface area (Å²) < 4.78 is 0.644. The summed E-state index contributed by atoms with van der Waals surface area (Å²) in [6.45, 7) is 0. The minimum atomic E-state index is 0.0434. The Hall–Kier alpha value is -0.770. The van der Waals surface area contributed by atoms with Crippen LogP contribution in [0, 0.1) is 0 Å². The summed E-state index contributed by atoms with van der Waals surface area (Å²) in [6, 6.07) is 11.1. The van der Waals surface area contributed by atoms with Gasteiger partial charge in [-0.15, -0.1) is 23.1 Å². The predicted octanol–water partition coefficient (Wildman–Crippen LogP) is 4.35. The maximum absolute atomic E-state index is 12.2. The smallest absolute Gasteiger partial charge is 0.204 e. The molecule has 0 atom stereocenters. The van der Waals surface area contributed by atoms with E-state index in [0.717, 1.165) is 10.5 Å². The zero-order valence-corrected chi connectivity index (χ0v) is 11.0. The van der Waals surface area contributed by atoms with Crippen molar-refractivity contribution in [2.45, 2.75) is 4.90 Å². The highest BCUT2D eigenvalue weighted by Gasteiger charge is 2.14. The molecule has 1 heterocycles. The zero-order chi connectivity index (χ0) is 11.5. The van der Waals surface area contributed by atoms with Crippen molar-refractivity contribution < 1.29 is 4.79 Å². The molecule has 4 heteroatoms. The van der Waals surface area contributed by atoms with Crippen LogP contribution in [0.25, 0.3) is 0 Å². The highest BCUT2D eigenvalue weighted by atomic mass is 35.5. The number of carbonyl (C=O) groups is 1. The molecule has 82 valence electrons. The van der Waals surface area contributed by atoms with Gasteiger partial charge in [-0.1, -0.05) is 23.7 Å². The topological polar surface area (TPSA) is 17.1 Å². The molecule has 0 radical (unpaired) electrons. The van der Waals surface area contributed by atoms with E-state index in [2.05, 4.69) is 0 Å². The molecule has 0 amide bonds. The summed E-state index contributed by atoms with van der Waals surface area (Å²) in [6.07, 6.45) is 1.97. The van der Waals surface area contributed by atoms with Gasteiger partial charge in [-0.2, -0.15) is 0 Å². The first-order valence-corrected chi connectivity index (χ1v) is 7.07. The number of hydrogen-bond acceptors (Lipinski definition) is 3. The van der Waals surface area contributed by atoms with Crippen LogP contribution < -0.4 is 0 Å². The van der Waals surface area contributed by atoms with Crippen LogP contribution in [0.15, 0.2) is 41.3 Å². The van der Waals surface area contributed by atoms with Crippen LogP contribution in [0.3, 0.4) is 0 Å². The normalized spacial score (nSPS) is 10.4. The number of carbonyl (C=O) groups excluding carboxylic acids is 1. The Bertz CT molecular complexity index is 519. The lowest BCUT2D eigenvalue weighted by atomic mass is 10.1. The van der Waals surface area contributed by atoms with Crippen molar-refractivity contribution in [1.29, 1.82) is 0 Å². The lowest BCUT2D eigenvalue weighted by Gasteiger charge is -2.03. The van der Waals surface area contributed by atoms with Gasteiger partial charge >= 0.3 is 0 Å². The van der Waals surface area contributed by atoms with E-state index in [9.17, 15) is 4.79 Å². The molecular weight excluding hydrogens is 260 g/mol. The number of thiophene rings is 1. The second-order valence-electron chi connectivity index (χ2n) is 3.13. The van der Waals surface area contributed by atoms with E-state index in [1.807, 2.05) is 30.5 Å². The molecular formula is C12H9ClOS2. The van der Waals surface area contributed by atoms with Crippen molar-refractivity contribution in [2.24, 2.45) is 0 Å². The quantitative estimate of drug-likeness (QED) is 0.608. The molecule has 0 saturated heterocycles. The third-order valence-electron chi connectivity index (χ3n) is 2.15. The lowest BCUT2D eigenvalue weighted by molar-refractivity contribution is 0.104. The van der Waals surface area contributed by atoms with Crippen LogP contribution >= 0.6 is 34.7 Å². The van der Waals surface area contributed by atoms with Crippen molar-refractivity contribution >= 4 is 40.5 Å². The van der Waals surface area contributed by atoms with Gasteiger partial charge in [-0.05, 0) is 30.5 Å². The highest BCUT2D eigenvalue weighted by Crippen LogP contribution is 2.27. The number of thioether (sulfide) groups is 1. The fourth-order valence-corrected chi connectivity index (χ4v) is 2.99. The van der Waals surface area contributed by atoms with Crippen LogP contribution in [0.1, 0.15) is 15.2 Å². The van der Waals surface area contributed by atoms with Crippen LogP contribution in [0.2, 0.25) is 4.34 Å². The Kier molecular flexibility index (Phi) is 3.69. The highest BCUT2D eigenvalue weighted by molar-refractivity contribution is 7.98. The standard InChI is InChI=1S/C12H9ClOS2/c1-15-9-5-3-2-4-8(9)12(14)10-6-7-11(13)16-10/h2-7H,1H3. The molecule has 0 saturated carbocycles. The Balaban J connectivity index is 2.41. The maximum Gasteiger partial charge on any atom is 0.204 e. The van der Waals surface area contributed by atoms with Gasteiger partial charge in [-0.25, -0.2) is 0 Å². The van der Waals surface area contributed by atoms with E-state index in [1.54, 1.807) is 23.9 Å². The summed E-state index contributed by atoms with van der Waals surface area (Å²) in [4.78, 5) is 13.9. The number of halogens is 1. The Morgan fingerprint density at radius 2 is 2.00 bits per heavy atom. The van der Waals surface area contributed by atoms with Crippen molar-refractivity contribution in [3.05, 3.63) is 51.2 Å². The van der Waals surface area contributed by atoms with Gasteiger partial charge in [0.25, 0.3) is 0 Å². The van der Waals surface area contributed by atoms with Crippen molar-refractivity contribution in [3.8, 4) is 0 Å². The molecule has 0 aliphatic carbocycles. The minimum Gasteiger partial charge on any atom is -0.288 e. The summed E-state index contributed by atoms with van der Waals surface area (Å²) in [7, 11) is 0. The molecule has 16 heavy (non-hydrogen) atoms.